The second-order valence-electron chi connectivity index (χ2n) is 7.01. The van der Waals surface area contributed by atoms with Gasteiger partial charge in [-0.15, -0.1) is 11.3 Å². The Morgan fingerprint density at radius 1 is 1.14 bits per heavy atom. The number of sulfonamides is 1. The maximum Gasteiger partial charge on any atom is 0.338 e. The van der Waals surface area contributed by atoms with Crippen molar-refractivity contribution in [3.63, 3.8) is 0 Å². The summed E-state index contributed by atoms with van der Waals surface area (Å²) in [6.07, 6.45) is 1.73. The van der Waals surface area contributed by atoms with Gasteiger partial charge in [-0.3, -0.25) is 0 Å². The Morgan fingerprint density at radius 3 is 2.48 bits per heavy atom. The lowest BCUT2D eigenvalue weighted by atomic mass is 10.2. The van der Waals surface area contributed by atoms with E-state index in [9.17, 15) is 13.2 Å². The molecular weight excluding hydrogens is 408 g/mol. The van der Waals surface area contributed by atoms with E-state index >= 15 is 0 Å². The molecule has 2 aromatic carbocycles. The van der Waals surface area contributed by atoms with Gasteiger partial charge in [-0.1, -0.05) is 29.8 Å². The molecule has 0 bridgehead atoms. The lowest BCUT2D eigenvalue weighted by Gasteiger charge is -2.07. The zero-order valence-corrected chi connectivity index (χ0v) is 17.4. The number of ether oxygens (including phenoxy) is 1. The van der Waals surface area contributed by atoms with Gasteiger partial charge in [0.15, 0.2) is 0 Å². The van der Waals surface area contributed by atoms with Crippen LogP contribution in [0.5, 0.6) is 0 Å². The smallest absolute Gasteiger partial charge is 0.338 e. The summed E-state index contributed by atoms with van der Waals surface area (Å²) < 4.78 is 32.3. The van der Waals surface area contributed by atoms with Crippen LogP contribution in [0.25, 0.3) is 10.6 Å². The van der Waals surface area contributed by atoms with Crippen LogP contribution in [0.15, 0.2) is 58.8 Å². The first-order valence-corrected chi connectivity index (χ1v) is 11.6. The molecule has 6 nitrogen and oxygen atoms in total. The van der Waals surface area contributed by atoms with Crippen LogP contribution in [0, 0.1) is 6.92 Å². The normalized spacial score (nSPS) is 14.0. The summed E-state index contributed by atoms with van der Waals surface area (Å²) in [4.78, 5) is 16.9. The average Bonchev–Trinajstić information content (AvgIpc) is 3.39. The van der Waals surface area contributed by atoms with Crippen molar-refractivity contribution < 1.29 is 17.9 Å². The molecular formula is C21H20N2O4S2. The van der Waals surface area contributed by atoms with Gasteiger partial charge >= 0.3 is 5.97 Å². The van der Waals surface area contributed by atoms with Crippen LogP contribution >= 0.6 is 11.3 Å². The van der Waals surface area contributed by atoms with E-state index in [4.69, 9.17) is 4.74 Å². The first kappa shape index (κ1) is 19.8. The molecule has 1 fully saturated rings. The SMILES string of the molecule is Cc1ccc(-c2nc(COC(=O)c3ccc(S(=O)(=O)NC4CC4)cc3)cs2)cc1. The summed E-state index contributed by atoms with van der Waals surface area (Å²) in [6.45, 7) is 2.09. The van der Waals surface area contributed by atoms with Gasteiger partial charge < -0.3 is 4.74 Å². The number of rotatable bonds is 7. The minimum atomic E-state index is -3.53. The molecule has 4 rings (SSSR count). The molecule has 1 aromatic heterocycles. The van der Waals surface area contributed by atoms with Gasteiger partial charge in [0.1, 0.15) is 11.6 Å². The number of nitrogens with zero attached hydrogens (tertiary/aromatic N) is 1. The number of thiazole rings is 1. The Bertz CT molecular complexity index is 1120. The standard InChI is InChI=1S/C21H20N2O4S2/c1-14-2-4-15(5-3-14)20-22-18(13-28-20)12-27-21(24)16-6-10-19(11-7-16)29(25,26)23-17-8-9-17/h2-7,10-11,13,17,23H,8-9,12H2,1H3. The number of hydrogen-bond acceptors (Lipinski definition) is 6. The van der Waals surface area contributed by atoms with E-state index in [2.05, 4.69) is 9.71 Å². The molecule has 3 aromatic rings. The molecule has 1 aliphatic carbocycles. The minimum Gasteiger partial charge on any atom is -0.456 e. The van der Waals surface area contributed by atoms with Crippen molar-refractivity contribution in [2.24, 2.45) is 0 Å². The molecule has 0 saturated heterocycles. The van der Waals surface area contributed by atoms with Gasteiger partial charge in [-0.25, -0.2) is 22.9 Å². The molecule has 0 aliphatic heterocycles. The Labute approximate surface area is 173 Å². The molecule has 0 unspecified atom stereocenters. The highest BCUT2D eigenvalue weighted by Gasteiger charge is 2.28. The predicted octanol–water partition coefficient (Wildman–Crippen LogP) is 3.92. The number of benzene rings is 2. The zero-order valence-electron chi connectivity index (χ0n) is 15.8. The third kappa shape index (κ3) is 4.90. The second-order valence-corrected chi connectivity index (χ2v) is 9.58. The topological polar surface area (TPSA) is 85.4 Å². The molecule has 8 heteroatoms. The van der Waals surface area contributed by atoms with Crippen molar-refractivity contribution in [2.45, 2.75) is 37.3 Å². The molecule has 150 valence electrons. The molecule has 0 amide bonds. The van der Waals surface area contributed by atoms with Gasteiger partial charge in [-0.2, -0.15) is 0 Å². The van der Waals surface area contributed by atoms with Crippen molar-refractivity contribution in [3.8, 4) is 10.6 Å². The maximum atomic E-state index is 12.3. The van der Waals surface area contributed by atoms with Gasteiger partial charge in [-0.05, 0) is 44.0 Å². The molecule has 0 radical (unpaired) electrons. The van der Waals surface area contributed by atoms with Crippen molar-refractivity contribution in [1.82, 2.24) is 9.71 Å². The van der Waals surface area contributed by atoms with E-state index < -0.39 is 16.0 Å². The molecule has 29 heavy (non-hydrogen) atoms. The lowest BCUT2D eigenvalue weighted by Crippen LogP contribution is -2.25. The second kappa shape index (κ2) is 8.06. The third-order valence-electron chi connectivity index (χ3n) is 4.50. The number of carbonyl (C=O) groups excluding carboxylic acids is 1. The fourth-order valence-corrected chi connectivity index (χ4v) is 4.80. The number of carbonyl (C=O) groups is 1. The van der Waals surface area contributed by atoms with E-state index in [0.717, 1.165) is 23.4 Å². The van der Waals surface area contributed by atoms with Crippen LogP contribution in [0.3, 0.4) is 0 Å². The van der Waals surface area contributed by atoms with Crippen LogP contribution in [0.4, 0.5) is 0 Å². The van der Waals surface area contributed by atoms with Crippen molar-refractivity contribution in [2.75, 3.05) is 0 Å². The van der Waals surface area contributed by atoms with E-state index in [1.54, 1.807) is 0 Å². The van der Waals surface area contributed by atoms with Gasteiger partial charge in [0.25, 0.3) is 0 Å². The Kier molecular flexibility index (Phi) is 5.49. The van der Waals surface area contributed by atoms with E-state index in [-0.39, 0.29) is 17.5 Å². The first-order valence-electron chi connectivity index (χ1n) is 9.22. The number of aromatic nitrogens is 1. The summed E-state index contributed by atoms with van der Waals surface area (Å²) in [6, 6.07) is 13.9. The Morgan fingerprint density at radius 2 is 1.83 bits per heavy atom. The Hall–Kier alpha value is -2.55. The number of esters is 1. The van der Waals surface area contributed by atoms with Gasteiger partial charge in [0.05, 0.1) is 16.2 Å². The summed E-state index contributed by atoms with van der Waals surface area (Å²) >= 11 is 1.49. The van der Waals surface area contributed by atoms with Crippen LogP contribution in [-0.4, -0.2) is 25.4 Å². The van der Waals surface area contributed by atoms with Crippen LogP contribution < -0.4 is 4.72 Å². The van der Waals surface area contributed by atoms with Gasteiger partial charge in [0.2, 0.25) is 10.0 Å². The maximum absolute atomic E-state index is 12.3. The molecule has 0 atom stereocenters. The fraction of sp³-hybridized carbons (Fsp3) is 0.238. The number of hydrogen-bond donors (Lipinski definition) is 1. The van der Waals surface area contributed by atoms with Crippen molar-refractivity contribution in [1.29, 1.82) is 0 Å². The monoisotopic (exact) mass is 428 g/mol. The van der Waals surface area contributed by atoms with Crippen LogP contribution in [0.2, 0.25) is 0 Å². The van der Waals surface area contributed by atoms with Crippen LogP contribution in [-0.2, 0) is 21.4 Å². The lowest BCUT2D eigenvalue weighted by molar-refractivity contribution is 0.0468. The third-order valence-corrected chi connectivity index (χ3v) is 6.98. The molecule has 1 N–H and O–H groups in total. The van der Waals surface area contributed by atoms with E-state index in [1.807, 2.05) is 36.6 Å². The average molecular weight is 429 g/mol. The van der Waals surface area contributed by atoms with Gasteiger partial charge in [0, 0.05) is 17.0 Å². The quantitative estimate of drug-likeness (QED) is 0.577. The number of aryl methyl sites for hydroxylation is 1. The minimum absolute atomic E-state index is 0.0348. The Balaban J connectivity index is 1.36. The van der Waals surface area contributed by atoms with E-state index in [1.165, 1.54) is 41.2 Å². The highest BCUT2D eigenvalue weighted by atomic mass is 32.2. The highest BCUT2D eigenvalue weighted by Crippen LogP contribution is 2.25. The van der Waals surface area contributed by atoms with Crippen LogP contribution in [0.1, 0.15) is 34.5 Å². The zero-order chi connectivity index (χ0) is 20.4. The summed E-state index contributed by atoms with van der Waals surface area (Å²) in [5.74, 6) is -0.519. The molecule has 1 aliphatic rings. The largest absolute Gasteiger partial charge is 0.456 e. The number of nitrogens with one attached hydrogen (secondary N) is 1. The van der Waals surface area contributed by atoms with Crippen molar-refractivity contribution in [3.05, 3.63) is 70.7 Å². The summed E-state index contributed by atoms with van der Waals surface area (Å²) in [5.41, 5.74) is 3.17. The van der Waals surface area contributed by atoms with Crippen molar-refractivity contribution >= 4 is 27.3 Å². The molecule has 1 heterocycles. The molecule has 0 spiro atoms. The summed E-state index contributed by atoms with van der Waals surface area (Å²) in [5, 5.41) is 2.73. The van der Waals surface area contributed by atoms with E-state index in [0.29, 0.717) is 11.3 Å². The summed E-state index contributed by atoms with van der Waals surface area (Å²) in [7, 11) is -3.53. The highest BCUT2D eigenvalue weighted by molar-refractivity contribution is 7.89. The predicted molar refractivity (Wildman–Crippen MR) is 111 cm³/mol. The fourth-order valence-electron chi connectivity index (χ4n) is 2.68. The molecule has 1 saturated carbocycles. The first-order chi connectivity index (χ1) is 13.9.